The van der Waals surface area contributed by atoms with Crippen molar-refractivity contribution in [1.82, 2.24) is 19.5 Å². The maximum Gasteiger partial charge on any atom is 0.167 e. The molecule has 0 aliphatic carbocycles. The predicted octanol–water partition coefficient (Wildman–Crippen LogP) is -0.951. The van der Waals surface area contributed by atoms with Crippen LogP contribution in [0, 0.1) is 0 Å². The van der Waals surface area contributed by atoms with Crippen molar-refractivity contribution in [3.63, 3.8) is 0 Å². The molecule has 0 saturated carbocycles. The zero-order valence-corrected chi connectivity index (χ0v) is 9.47. The highest BCUT2D eigenvalue weighted by Gasteiger charge is 2.35. The van der Waals surface area contributed by atoms with E-state index in [0.717, 1.165) is 0 Å². The van der Waals surface area contributed by atoms with Crippen LogP contribution in [-0.4, -0.2) is 48.5 Å². The van der Waals surface area contributed by atoms with Crippen molar-refractivity contribution in [2.45, 2.75) is 24.9 Å². The summed E-state index contributed by atoms with van der Waals surface area (Å²) < 4.78 is 7.22. The summed E-state index contributed by atoms with van der Waals surface area (Å²) in [4.78, 5) is 12.1. The Bertz CT molecular complexity index is 572. The maximum atomic E-state index is 9.71. The smallest absolute Gasteiger partial charge is 0.167 e. The lowest BCUT2D eigenvalue weighted by molar-refractivity contribution is -0.0432. The van der Waals surface area contributed by atoms with Gasteiger partial charge in [0.1, 0.15) is 24.2 Å². The van der Waals surface area contributed by atoms with Crippen molar-refractivity contribution in [2.24, 2.45) is 0 Å². The van der Waals surface area contributed by atoms with Crippen LogP contribution in [0.25, 0.3) is 11.2 Å². The van der Waals surface area contributed by atoms with Gasteiger partial charge in [-0.15, -0.1) is 0 Å². The van der Waals surface area contributed by atoms with Gasteiger partial charge in [0.05, 0.1) is 19.0 Å². The number of nitrogen functional groups attached to an aromatic ring is 1. The van der Waals surface area contributed by atoms with Gasteiger partial charge < -0.3 is 20.7 Å². The van der Waals surface area contributed by atoms with E-state index in [1.54, 1.807) is 10.9 Å². The van der Waals surface area contributed by atoms with E-state index in [0.29, 0.717) is 23.4 Å². The molecule has 18 heavy (non-hydrogen) atoms. The van der Waals surface area contributed by atoms with Crippen LogP contribution < -0.4 is 5.73 Å². The van der Waals surface area contributed by atoms with E-state index in [4.69, 9.17) is 15.6 Å². The van der Waals surface area contributed by atoms with Crippen LogP contribution in [0.15, 0.2) is 12.7 Å². The first-order valence-electron chi connectivity index (χ1n) is 5.58. The fourth-order valence-corrected chi connectivity index (χ4v) is 2.13. The van der Waals surface area contributed by atoms with Crippen LogP contribution in [0.1, 0.15) is 12.6 Å². The largest absolute Gasteiger partial charge is 0.394 e. The zero-order valence-electron chi connectivity index (χ0n) is 9.47. The van der Waals surface area contributed by atoms with Crippen LogP contribution >= 0.6 is 0 Å². The van der Waals surface area contributed by atoms with Gasteiger partial charge in [-0.1, -0.05) is 0 Å². The number of rotatable bonds is 2. The fraction of sp³-hybridized carbons (Fsp3) is 0.500. The summed E-state index contributed by atoms with van der Waals surface area (Å²) >= 11 is 0. The molecule has 8 nitrogen and oxygen atoms in total. The number of imidazole rings is 1. The molecular weight excluding hydrogens is 241 g/mol. The minimum atomic E-state index is -0.698. The van der Waals surface area contributed by atoms with Crippen molar-refractivity contribution in [3.05, 3.63) is 12.7 Å². The SMILES string of the molecule is [15NH2]c1[15n]c[15n]c2c1ncn2[C@H]1C[C@H](O)[C@@H](CO)O1. The number of anilines is 1. The molecule has 0 unspecified atom stereocenters. The highest BCUT2D eigenvalue weighted by atomic mass is 16.5. The van der Waals surface area contributed by atoms with Gasteiger partial charge in [-0.3, -0.25) is 4.57 Å². The Hall–Kier alpha value is -1.77. The van der Waals surface area contributed by atoms with Crippen molar-refractivity contribution in [1.29, 1.82) is 0 Å². The molecule has 1 saturated heterocycles. The molecule has 2 aromatic heterocycles. The number of hydrogen-bond acceptors (Lipinski definition) is 7. The van der Waals surface area contributed by atoms with Gasteiger partial charge in [-0.2, -0.15) is 0 Å². The summed E-state index contributed by atoms with van der Waals surface area (Å²) in [5.41, 5.74) is 6.75. The van der Waals surface area contributed by atoms with E-state index >= 15 is 0 Å². The average molecular weight is 254 g/mol. The molecule has 1 aliphatic heterocycles. The first-order chi connectivity index (χ1) is 8.70. The fourth-order valence-electron chi connectivity index (χ4n) is 2.13. The molecule has 8 heteroatoms. The molecule has 0 radical (unpaired) electrons. The number of hydrogen-bond donors (Lipinski definition) is 3. The number of nitrogens with two attached hydrogens (primary N) is 1. The van der Waals surface area contributed by atoms with Crippen molar-refractivity contribution in [3.8, 4) is 0 Å². The van der Waals surface area contributed by atoms with Crippen LogP contribution in [0.2, 0.25) is 0 Å². The zero-order chi connectivity index (χ0) is 12.7. The highest BCUT2D eigenvalue weighted by molar-refractivity contribution is 5.81. The molecule has 1 aliphatic rings. The minimum Gasteiger partial charge on any atom is -0.394 e. The van der Waals surface area contributed by atoms with E-state index in [-0.39, 0.29) is 6.61 Å². The van der Waals surface area contributed by atoms with Gasteiger partial charge in [0, 0.05) is 6.42 Å². The Morgan fingerprint density at radius 1 is 1.44 bits per heavy atom. The molecule has 3 rings (SSSR count). The second-order valence-electron chi connectivity index (χ2n) is 4.20. The molecule has 0 aromatic carbocycles. The Morgan fingerprint density at radius 3 is 3.00 bits per heavy atom. The summed E-state index contributed by atoms with van der Waals surface area (Å²) in [7, 11) is 0. The average Bonchev–Trinajstić information content (AvgIpc) is 2.93. The summed E-state index contributed by atoms with van der Waals surface area (Å²) in [6.45, 7) is -0.221. The molecule has 4 N–H and O–H groups in total. The topological polar surface area (TPSA) is 119 Å². The second kappa shape index (κ2) is 4.16. The standard InChI is InChI=1S/C10H13N5O3/c11-9-8-10(13-3-12-9)15(4-14-8)7-1-5(17)6(2-16)18-7/h3-7,16-17H,1-2H2,(H2,11,12,13)/t5-,6+,7+/m0/s1/i11+1,12+1,13+1. The molecular formula is C10H13N5O3. The number of aliphatic hydroxyl groups is 2. The molecule has 1 fully saturated rings. The van der Waals surface area contributed by atoms with Crippen molar-refractivity contribution < 1.29 is 14.9 Å². The van der Waals surface area contributed by atoms with E-state index in [1.165, 1.54) is 6.33 Å². The van der Waals surface area contributed by atoms with Gasteiger partial charge in [0.15, 0.2) is 11.5 Å². The van der Waals surface area contributed by atoms with Gasteiger partial charge in [-0.25, -0.2) is 15.0 Å². The number of ether oxygens (including phenoxy) is 1. The second-order valence-corrected chi connectivity index (χ2v) is 4.20. The summed E-state index contributed by atoms with van der Waals surface area (Å²) in [5.74, 6) is 0.302. The third kappa shape index (κ3) is 1.62. The first-order valence-corrected chi connectivity index (χ1v) is 5.58. The van der Waals surface area contributed by atoms with Gasteiger partial charge in [0.2, 0.25) is 0 Å². The lowest BCUT2D eigenvalue weighted by Crippen LogP contribution is -2.24. The van der Waals surface area contributed by atoms with E-state index in [2.05, 4.69) is 15.0 Å². The quantitative estimate of drug-likeness (QED) is 0.591. The monoisotopic (exact) mass is 254 g/mol. The number of aliphatic hydroxyl groups excluding tert-OH is 2. The first kappa shape index (κ1) is 11.3. The predicted molar refractivity (Wildman–Crippen MR) is 61.4 cm³/mol. The van der Waals surface area contributed by atoms with Gasteiger partial charge in [0.25, 0.3) is 0 Å². The van der Waals surface area contributed by atoms with Crippen LogP contribution in [0.5, 0.6) is 0 Å². The number of aromatic nitrogens is 4. The lowest BCUT2D eigenvalue weighted by atomic mass is 10.2. The molecule has 2 aromatic rings. The Labute approximate surface area is 102 Å². The summed E-state index contributed by atoms with van der Waals surface area (Å²) in [6.07, 6.45) is 1.60. The number of fused-ring (bicyclic) bond motifs is 1. The van der Waals surface area contributed by atoms with E-state index in [1.807, 2.05) is 0 Å². The maximum absolute atomic E-state index is 9.71. The minimum absolute atomic E-state index is 0.221. The number of nitrogens with zero attached hydrogens (tertiary/aromatic N) is 4. The van der Waals surface area contributed by atoms with Crippen LogP contribution in [-0.2, 0) is 4.74 Å². The van der Waals surface area contributed by atoms with Crippen LogP contribution in [0.3, 0.4) is 0 Å². The molecule has 96 valence electrons. The third-order valence-corrected chi connectivity index (χ3v) is 3.08. The normalized spacial score (nSPS) is 28.0. The Morgan fingerprint density at radius 2 is 2.28 bits per heavy atom. The van der Waals surface area contributed by atoms with Crippen LogP contribution in [0.4, 0.5) is 5.82 Å². The van der Waals surface area contributed by atoms with Gasteiger partial charge in [-0.05, 0) is 0 Å². The summed E-state index contributed by atoms with van der Waals surface area (Å²) in [5, 5.41) is 18.8. The van der Waals surface area contributed by atoms with E-state index in [9.17, 15) is 5.11 Å². The summed E-state index contributed by atoms with van der Waals surface area (Å²) in [6, 6.07) is 0. The lowest BCUT2D eigenvalue weighted by Gasteiger charge is -2.13. The molecule has 0 spiro atoms. The van der Waals surface area contributed by atoms with Crippen molar-refractivity contribution >= 4 is 17.0 Å². The van der Waals surface area contributed by atoms with Gasteiger partial charge >= 0.3 is 0 Å². The molecule has 3 atom stereocenters. The Balaban J connectivity index is 1.99. The molecule has 3 heterocycles. The molecule has 0 bridgehead atoms. The van der Waals surface area contributed by atoms with Crippen molar-refractivity contribution in [2.75, 3.05) is 12.3 Å². The highest BCUT2D eigenvalue weighted by Crippen LogP contribution is 2.30. The van der Waals surface area contributed by atoms with E-state index < -0.39 is 18.4 Å². The molecule has 0 amide bonds. The third-order valence-electron chi connectivity index (χ3n) is 3.08. The Kier molecular flexibility index (Phi) is 2.62.